The Morgan fingerprint density at radius 2 is 1.88 bits per heavy atom. The van der Waals surface area contributed by atoms with Gasteiger partial charge < -0.3 is 5.73 Å². The minimum atomic E-state index is 0.229. The summed E-state index contributed by atoms with van der Waals surface area (Å²) in [5.41, 5.74) is 10.4. The zero-order valence-corrected chi connectivity index (χ0v) is 15.3. The van der Waals surface area contributed by atoms with E-state index < -0.39 is 0 Å². The molecule has 0 aliphatic carbocycles. The average molecular weight is 343 g/mol. The van der Waals surface area contributed by atoms with E-state index in [0.29, 0.717) is 11.8 Å². The maximum Gasteiger partial charge on any atom is 0.0409 e. The molecule has 2 aromatic carbocycles. The van der Waals surface area contributed by atoms with Gasteiger partial charge in [-0.3, -0.25) is 4.90 Å². The van der Waals surface area contributed by atoms with Crippen molar-refractivity contribution in [2.75, 3.05) is 13.1 Å². The van der Waals surface area contributed by atoms with E-state index >= 15 is 0 Å². The summed E-state index contributed by atoms with van der Waals surface area (Å²) in [5, 5.41) is 0.801. The second kappa shape index (κ2) is 7.69. The number of piperidine rings is 1. The van der Waals surface area contributed by atoms with Crippen LogP contribution < -0.4 is 5.73 Å². The zero-order valence-electron chi connectivity index (χ0n) is 14.6. The van der Waals surface area contributed by atoms with E-state index in [1.807, 2.05) is 18.2 Å². The Kier molecular flexibility index (Phi) is 5.60. The number of hydrogen-bond acceptors (Lipinski definition) is 2. The minimum Gasteiger partial charge on any atom is -0.327 e. The first-order valence-corrected chi connectivity index (χ1v) is 9.21. The van der Waals surface area contributed by atoms with Gasteiger partial charge in [0.2, 0.25) is 0 Å². The fourth-order valence-electron chi connectivity index (χ4n) is 3.65. The van der Waals surface area contributed by atoms with Crippen LogP contribution in [-0.4, -0.2) is 24.0 Å². The summed E-state index contributed by atoms with van der Waals surface area (Å²) in [6.07, 6.45) is 1.06. The topological polar surface area (TPSA) is 29.3 Å². The molecule has 0 bridgehead atoms. The van der Waals surface area contributed by atoms with Crippen molar-refractivity contribution in [1.82, 2.24) is 4.90 Å². The van der Waals surface area contributed by atoms with Crippen molar-refractivity contribution in [3.63, 3.8) is 0 Å². The second-order valence-corrected chi connectivity index (χ2v) is 7.77. The van der Waals surface area contributed by atoms with Crippen LogP contribution >= 0.6 is 11.6 Å². The largest absolute Gasteiger partial charge is 0.327 e. The maximum absolute atomic E-state index is 6.35. The highest BCUT2D eigenvalue weighted by Crippen LogP contribution is 2.28. The number of likely N-dealkylation sites (tertiary alicyclic amines) is 1. The molecule has 0 radical (unpaired) electrons. The fraction of sp³-hybridized carbons (Fsp3) is 0.429. The predicted octanol–water partition coefficient (Wildman–Crippen LogP) is 4.78. The van der Waals surface area contributed by atoms with Crippen LogP contribution in [0.3, 0.4) is 0 Å². The van der Waals surface area contributed by atoms with Gasteiger partial charge in [-0.15, -0.1) is 0 Å². The minimum absolute atomic E-state index is 0.229. The quantitative estimate of drug-likeness (QED) is 0.866. The maximum atomic E-state index is 6.35. The van der Waals surface area contributed by atoms with Crippen molar-refractivity contribution in [2.45, 2.75) is 44.7 Å². The van der Waals surface area contributed by atoms with E-state index in [9.17, 15) is 0 Å². The Labute approximate surface area is 150 Å². The molecule has 1 heterocycles. The summed E-state index contributed by atoms with van der Waals surface area (Å²) in [7, 11) is 0. The highest BCUT2D eigenvalue weighted by molar-refractivity contribution is 6.30. The van der Waals surface area contributed by atoms with Gasteiger partial charge in [0.25, 0.3) is 0 Å². The number of benzene rings is 2. The summed E-state index contributed by atoms with van der Waals surface area (Å²) in [4.78, 5) is 2.46. The van der Waals surface area contributed by atoms with Crippen LogP contribution in [0.5, 0.6) is 0 Å². The normalized spacial score (nSPS) is 22.0. The van der Waals surface area contributed by atoms with E-state index in [0.717, 1.165) is 31.1 Å². The summed E-state index contributed by atoms with van der Waals surface area (Å²) >= 11 is 6.11. The summed E-state index contributed by atoms with van der Waals surface area (Å²) < 4.78 is 0. The molecule has 1 aliphatic rings. The molecular weight excluding hydrogens is 316 g/mol. The first-order valence-electron chi connectivity index (χ1n) is 8.83. The van der Waals surface area contributed by atoms with Crippen LogP contribution in [0.4, 0.5) is 0 Å². The lowest BCUT2D eigenvalue weighted by molar-refractivity contribution is 0.181. The van der Waals surface area contributed by atoms with Crippen LogP contribution in [0.15, 0.2) is 48.5 Å². The molecule has 3 rings (SSSR count). The lowest BCUT2D eigenvalue weighted by Crippen LogP contribution is -2.45. The van der Waals surface area contributed by atoms with Gasteiger partial charge in [-0.2, -0.15) is 0 Å². The van der Waals surface area contributed by atoms with E-state index in [2.05, 4.69) is 49.1 Å². The molecule has 0 saturated carbocycles. The molecule has 128 valence electrons. The predicted molar refractivity (Wildman–Crippen MR) is 103 cm³/mol. The van der Waals surface area contributed by atoms with E-state index in [1.54, 1.807) is 0 Å². The van der Waals surface area contributed by atoms with Crippen molar-refractivity contribution in [1.29, 1.82) is 0 Å². The van der Waals surface area contributed by atoms with E-state index in [4.69, 9.17) is 17.3 Å². The number of nitrogens with zero attached hydrogens (tertiary/aromatic N) is 1. The average Bonchev–Trinajstić information content (AvgIpc) is 2.54. The lowest BCUT2D eigenvalue weighted by Gasteiger charge is -2.36. The van der Waals surface area contributed by atoms with Gasteiger partial charge in [-0.05, 0) is 47.1 Å². The fourth-order valence-corrected chi connectivity index (χ4v) is 3.86. The van der Waals surface area contributed by atoms with Crippen LogP contribution in [-0.2, 0) is 6.54 Å². The van der Waals surface area contributed by atoms with Gasteiger partial charge >= 0.3 is 0 Å². The van der Waals surface area contributed by atoms with Gasteiger partial charge in [0, 0.05) is 30.7 Å². The Morgan fingerprint density at radius 1 is 1.12 bits per heavy atom. The first-order chi connectivity index (χ1) is 11.5. The molecule has 1 fully saturated rings. The number of nitrogens with two attached hydrogens (primary N) is 1. The zero-order chi connectivity index (χ0) is 17.1. The molecule has 0 spiro atoms. The Hall–Kier alpha value is -1.35. The van der Waals surface area contributed by atoms with Gasteiger partial charge in [0.05, 0.1) is 0 Å². The third-order valence-electron chi connectivity index (χ3n) is 4.93. The Balaban J connectivity index is 1.71. The van der Waals surface area contributed by atoms with E-state index in [1.165, 1.54) is 16.7 Å². The second-order valence-electron chi connectivity index (χ2n) is 7.34. The smallest absolute Gasteiger partial charge is 0.0409 e. The molecular formula is C21H27ClN2. The Bertz CT molecular complexity index is 666. The van der Waals surface area contributed by atoms with Crippen molar-refractivity contribution in [2.24, 2.45) is 5.73 Å². The molecule has 2 N–H and O–H groups in total. The van der Waals surface area contributed by atoms with E-state index in [-0.39, 0.29) is 6.04 Å². The number of rotatable bonds is 4. The van der Waals surface area contributed by atoms with Crippen LogP contribution in [0, 0.1) is 0 Å². The molecule has 1 saturated heterocycles. The number of hydrogen-bond donors (Lipinski definition) is 1. The standard InChI is InChI=1S/C21H27ClN2/c1-15(2)17-6-8-18(9-7-17)19-11-21(23)14-24(13-19)12-16-4-3-5-20(22)10-16/h3-10,15,19,21H,11-14,23H2,1-2H3. The number of halogens is 1. The molecule has 2 atom stereocenters. The van der Waals surface area contributed by atoms with Gasteiger partial charge in [-0.1, -0.05) is 61.8 Å². The SMILES string of the molecule is CC(C)c1ccc(C2CC(N)CN(Cc3cccc(Cl)c3)C2)cc1. The highest BCUT2D eigenvalue weighted by Gasteiger charge is 2.26. The van der Waals surface area contributed by atoms with Crippen LogP contribution in [0.1, 0.15) is 48.8 Å². The third kappa shape index (κ3) is 4.38. The Morgan fingerprint density at radius 3 is 2.54 bits per heavy atom. The van der Waals surface area contributed by atoms with Crippen molar-refractivity contribution in [3.8, 4) is 0 Å². The summed E-state index contributed by atoms with van der Waals surface area (Å²) in [6, 6.07) is 17.5. The van der Waals surface area contributed by atoms with Crippen molar-refractivity contribution >= 4 is 11.6 Å². The molecule has 0 aromatic heterocycles. The van der Waals surface area contributed by atoms with Crippen molar-refractivity contribution in [3.05, 3.63) is 70.2 Å². The summed E-state index contributed by atoms with van der Waals surface area (Å²) in [6.45, 7) is 7.39. The molecule has 2 aromatic rings. The van der Waals surface area contributed by atoms with Gasteiger partial charge in [0.1, 0.15) is 0 Å². The van der Waals surface area contributed by atoms with Gasteiger partial charge in [0.15, 0.2) is 0 Å². The van der Waals surface area contributed by atoms with Gasteiger partial charge in [-0.25, -0.2) is 0 Å². The van der Waals surface area contributed by atoms with Crippen molar-refractivity contribution < 1.29 is 0 Å². The summed E-state index contributed by atoms with van der Waals surface area (Å²) in [5.74, 6) is 1.08. The first kappa shape index (κ1) is 17.5. The lowest BCUT2D eigenvalue weighted by atomic mass is 9.87. The molecule has 3 heteroatoms. The molecule has 2 unspecified atom stereocenters. The molecule has 2 nitrogen and oxygen atoms in total. The van der Waals surface area contributed by atoms with Crippen LogP contribution in [0.2, 0.25) is 5.02 Å². The molecule has 0 amide bonds. The molecule has 1 aliphatic heterocycles. The monoisotopic (exact) mass is 342 g/mol. The third-order valence-corrected chi connectivity index (χ3v) is 5.16. The highest BCUT2D eigenvalue weighted by atomic mass is 35.5. The van der Waals surface area contributed by atoms with Crippen LogP contribution in [0.25, 0.3) is 0 Å². The molecule has 24 heavy (non-hydrogen) atoms.